The fourth-order valence-electron chi connectivity index (χ4n) is 2.47. The first-order valence-corrected chi connectivity index (χ1v) is 7.26. The minimum atomic E-state index is -0.153. The van der Waals surface area contributed by atoms with Gasteiger partial charge in [-0.25, -0.2) is 4.39 Å². The number of benzene rings is 2. The molecule has 0 amide bonds. The largest absolute Gasteiger partial charge is 0.497 e. The number of hydrogen-bond donors (Lipinski definition) is 1. The van der Waals surface area contributed by atoms with E-state index < -0.39 is 0 Å². The van der Waals surface area contributed by atoms with E-state index in [9.17, 15) is 4.39 Å². The standard InChI is InChI=1S/C18H22FNO/c1-4-20-18(16-11-13(2)5-10-17(16)19)12-14-6-8-15(21-3)9-7-14/h5-11,18,20H,4,12H2,1-3H3. The second-order valence-electron chi connectivity index (χ2n) is 5.19. The highest BCUT2D eigenvalue weighted by atomic mass is 19.1. The second kappa shape index (κ2) is 7.23. The molecule has 0 aromatic heterocycles. The summed E-state index contributed by atoms with van der Waals surface area (Å²) < 4.78 is 19.3. The molecule has 0 aliphatic rings. The van der Waals surface area contributed by atoms with Gasteiger partial charge in [-0.3, -0.25) is 0 Å². The fraction of sp³-hybridized carbons (Fsp3) is 0.333. The maximum atomic E-state index is 14.1. The highest BCUT2D eigenvalue weighted by Gasteiger charge is 2.15. The Bertz CT molecular complexity index is 580. The first kappa shape index (κ1) is 15.5. The third-order valence-corrected chi connectivity index (χ3v) is 3.58. The highest BCUT2D eigenvalue weighted by molar-refractivity contribution is 5.31. The molecule has 2 aromatic rings. The molecule has 0 aliphatic carbocycles. The predicted octanol–water partition coefficient (Wildman–Crippen LogP) is 4.04. The molecule has 0 spiro atoms. The van der Waals surface area contributed by atoms with Crippen LogP contribution < -0.4 is 10.1 Å². The zero-order chi connectivity index (χ0) is 15.2. The zero-order valence-corrected chi connectivity index (χ0v) is 12.8. The number of ether oxygens (including phenoxy) is 1. The van der Waals surface area contributed by atoms with Crippen LogP contribution in [0.1, 0.15) is 29.7 Å². The average molecular weight is 287 g/mol. The lowest BCUT2D eigenvalue weighted by Crippen LogP contribution is -2.24. The van der Waals surface area contributed by atoms with Gasteiger partial charge in [0.1, 0.15) is 11.6 Å². The molecule has 1 unspecified atom stereocenters. The van der Waals surface area contributed by atoms with Gasteiger partial charge >= 0.3 is 0 Å². The van der Waals surface area contributed by atoms with E-state index in [4.69, 9.17) is 4.74 Å². The molecule has 0 radical (unpaired) electrons. The van der Waals surface area contributed by atoms with Crippen LogP contribution in [-0.4, -0.2) is 13.7 Å². The van der Waals surface area contributed by atoms with Crippen LogP contribution in [0.4, 0.5) is 4.39 Å². The average Bonchev–Trinajstić information content (AvgIpc) is 2.50. The van der Waals surface area contributed by atoms with Gasteiger partial charge in [0, 0.05) is 11.6 Å². The number of halogens is 1. The van der Waals surface area contributed by atoms with E-state index in [1.807, 2.05) is 44.2 Å². The van der Waals surface area contributed by atoms with Gasteiger partial charge in [0.05, 0.1) is 7.11 Å². The van der Waals surface area contributed by atoms with Crippen molar-refractivity contribution in [3.8, 4) is 5.75 Å². The lowest BCUT2D eigenvalue weighted by molar-refractivity contribution is 0.414. The fourth-order valence-corrected chi connectivity index (χ4v) is 2.47. The van der Waals surface area contributed by atoms with Crippen molar-refractivity contribution in [3.05, 3.63) is 65.0 Å². The second-order valence-corrected chi connectivity index (χ2v) is 5.19. The molecular weight excluding hydrogens is 265 g/mol. The van der Waals surface area contributed by atoms with Crippen LogP contribution in [0.2, 0.25) is 0 Å². The summed E-state index contributed by atoms with van der Waals surface area (Å²) in [6.45, 7) is 4.82. The number of aryl methyl sites for hydroxylation is 1. The molecule has 1 N–H and O–H groups in total. The summed E-state index contributed by atoms with van der Waals surface area (Å²) in [4.78, 5) is 0. The topological polar surface area (TPSA) is 21.3 Å². The number of rotatable bonds is 6. The Kier molecular flexibility index (Phi) is 5.34. The first-order valence-electron chi connectivity index (χ1n) is 7.26. The molecule has 0 saturated carbocycles. The van der Waals surface area contributed by atoms with Gasteiger partial charge in [-0.15, -0.1) is 0 Å². The summed E-state index contributed by atoms with van der Waals surface area (Å²) in [5.74, 6) is 0.681. The SMILES string of the molecule is CCNC(Cc1ccc(OC)cc1)c1cc(C)ccc1F. The van der Waals surface area contributed by atoms with Crippen molar-refractivity contribution in [2.45, 2.75) is 26.3 Å². The van der Waals surface area contributed by atoms with Gasteiger partial charge in [0.2, 0.25) is 0 Å². The van der Waals surface area contributed by atoms with E-state index in [0.717, 1.165) is 35.4 Å². The Morgan fingerprint density at radius 1 is 1.14 bits per heavy atom. The van der Waals surface area contributed by atoms with E-state index >= 15 is 0 Å². The summed E-state index contributed by atoms with van der Waals surface area (Å²) in [6, 6.07) is 13.2. The van der Waals surface area contributed by atoms with Crippen molar-refractivity contribution >= 4 is 0 Å². The summed E-state index contributed by atoms with van der Waals surface area (Å²) in [5.41, 5.74) is 2.96. The third-order valence-electron chi connectivity index (χ3n) is 3.58. The normalized spacial score (nSPS) is 12.2. The zero-order valence-electron chi connectivity index (χ0n) is 12.8. The van der Waals surface area contributed by atoms with Crippen LogP contribution in [0.25, 0.3) is 0 Å². The molecule has 0 aliphatic heterocycles. The molecule has 0 heterocycles. The van der Waals surface area contributed by atoms with Gasteiger partial charge in [0.25, 0.3) is 0 Å². The monoisotopic (exact) mass is 287 g/mol. The van der Waals surface area contributed by atoms with E-state index in [1.54, 1.807) is 19.2 Å². The Balaban J connectivity index is 2.23. The molecule has 1 atom stereocenters. The number of nitrogens with one attached hydrogen (secondary N) is 1. The van der Waals surface area contributed by atoms with Gasteiger partial charge < -0.3 is 10.1 Å². The number of likely N-dealkylation sites (N-methyl/N-ethyl adjacent to an activating group) is 1. The van der Waals surface area contributed by atoms with Crippen molar-refractivity contribution in [2.24, 2.45) is 0 Å². The Morgan fingerprint density at radius 3 is 2.48 bits per heavy atom. The summed E-state index contributed by atoms with van der Waals surface area (Å²) >= 11 is 0. The highest BCUT2D eigenvalue weighted by Crippen LogP contribution is 2.23. The molecule has 112 valence electrons. The molecule has 21 heavy (non-hydrogen) atoms. The minimum Gasteiger partial charge on any atom is -0.497 e. The molecule has 3 heteroatoms. The summed E-state index contributed by atoms with van der Waals surface area (Å²) in [6.07, 6.45) is 0.748. The van der Waals surface area contributed by atoms with Gasteiger partial charge in [-0.2, -0.15) is 0 Å². The maximum absolute atomic E-state index is 14.1. The molecular formula is C18H22FNO. The molecule has 2 rings (SSSR count). The van der Waals surface area contributed by atoms with Crippen molar-refractivity contribution in [3.63, 3.8) is 0 Å². The molecule has 2 nitrogen and oxygen atoms in total. The van der Waals surface area contributed by atoms with E-state index in [-0.39, 0.29) is 11.9 Å². The first-order chi connectivity index (χ1) is 10.1. The number of methoxy groups -OCH3 is 1. The van der Waals surface area contributed by atoms with Crippen LogP contribution >= 0.6 is 0 Å². The summed E-state index contributed by atoms with van der Waals surface area (Å²) in [5, 5.41) is 3.37. The minimum absolute atomic E-state index is 0.0247. The molecule has 2 aromatic carbocycles. The van der Waals surface area contributed by atoms with Gasteiger partial charge in [-0.05, 0) is 43.7 Å². The van der Waals surface area contributed by atoms with E-state index in [2.05, 4.69) is 5.32 Å². The van der Waals surface area contributed by atoms with E-state index in [0.29, 0.717) is 0 Å². The Labute approximate surface area is 126 Å². The van der Waals surface area contributed by atoms with Crippen LogP contribution in [0, 0.1) is 12.7 Å². The van der Waals surface area contributed by atoms with Crippen molar-refractivity contribution in [1.82, 2.24) is 5.32 Å². The van der Waals surface area contributed by atoms with Crippen LogP contribution in [0.3, 0.4) is 0 Å². The van der Waals surface area contributed by atoms with Crippen LogP contribution in [0.5, 0.6) is 5.75 Å². The van der Waals surface area contributed by atoms with Gasteiger partial charge in [-0.1, -0.05) is 36.8 Å². The van der Waals surface area contributed by atoms with Crippen LogP contribution in [-0.2, 0) is 6.42 Å². The van der Waals surface area contributed by atoms with Crippen molar-refractivity contribution < 1.29 is 9.13 Å². The van der Waals surface area contributed by atoms with Crippen LogP contribution in [0.15, 0.2) is 42.5 Å². The van der Waals surface area contributed by atoms with E-state index in [1.165, 1.54) is 0 Å². The van der Waals surface area contributed by atoms with Gasteiger partial charge in [0.15, 0.2) is 0 Å². The molecule has 0 bridgehead atoms. The maximum Gasteiger partial charge on any atom is 0.128 e. The van der Waals surface area contributed by atoms with Crippen molar-refractivity contribution in [2.75, 3.05) is 13.7 Å². The summed E-state index contributed by atoms with van der Waals surface area (Å²) in [7, 11) is 1.65. The third kappa shape index (κ3) is 4.05. The molecule has 0 fully saturated rings. The molecule has 0 saturated heterocycles. The lowest BCUT2D eigenvalue weighted by atomic mass is 9.97. The Hall–Kier alpha value is -1.87. The number of hydrogen-bond acceptors (Lipinski definition) is 2. The quantitative estimate of drug-likeness (QED) is 0.866. The Morgan fingerprint density at radius 2 is 1.86 bits per heavy atom. The smallest absolute Gasteiger partial charge is 0.128 e. The predicted molar refractivity (Wildman–Crippen MR) is 84.3 cm³/mol. The lowest BCUT2D eigenvalue weighted by Gasteiger charge is -2.20. The van der Waals surface area contributed by atoms with Crippen molar-refractivity contribution in [1.29, 1.82) is 0 Å².